The van der Waals surface area contributed by atoms with Gasteiger partial charge in [0, 0.05) is 30.3 Å². The average Bonchev–Trinajstić information content (AvgIpc) is 3.44. The number of aromatic nitrogens is 2. The van der Waals surface area contributed by atoms with Crippen molar-refractivity contribution in [3.8, 4) is 17.3 Å². The minimum Gasteiger partial charge on any atom is -0.487 e. The number of hydrogen-bond acceptors (Lipinski definition) is 8. The van der Waals surface area contributed by atoms with E-state index in [9.17, 15) is 14.9 Å². The predicted octanol–water partition coefficient (Wildman–Crippen LogP) is 3.59. The molecule has 1 fully saturated rings. The molecule has 0 spiro atoms. The van der Waals surface area contributed by atoms with Crippen LogP contribution in [0.3, 0.4) is 0 Å². The van der Waals surface area contributed by atoms with E-state index in [1.165, 1.54) is 17.9 Å². The van der Waals surface area contributed by atoms with E-state index in [1.807, 2.05) is 37.3 Å². The summed E-state index contributed by atoms with van der Waals surface area (Å²) >= 11 is 0. The zero-order chi connectivity index (χ0) is 27.8. The normalized spacial score (nSPS) is 17.4. The van der Waals surface area contributed by atoms with E-state index in [4.69, 9.17) is 9.47 Å². The number of carbonyl (C=O) groups excluding carboxylic acids is 1. The topological polar surface area (TPSA) is 119 Å². The van der Waals surface area contributed by atoms with Gasteiger partial charge >= 0.3 is 5.97 Å². The van der Waals surface area contributed by atoms with Crippen LogP contribution in [-0.2, 0) is 20.8 Å². The summed E-state index contributed by atoms with van der Waals surface area (Å²) in [6.07, 6.45) is 3.49. The highest BCUT2D eigenvalue weighted by molar-refractivity contribution is 5.99. The third kappa shape index (κ3) is 6.94. The van der Waals surface area contributed by atoms with Crippen LogP contribution in [0.25, 0.3) is 11.3 Å². The number of esters is 1. The first-order valence-corrected chi connectivity index (χ1v) is 12.4. The van der Waals surface area contributed by atoms with Crippen LogP contribution in [0.1, 0.15) is 30.0 Å². The Bertz CT molecular complexity index is 1530. The van der Waals surface area contributed by atoms with E-state index in [-0.39, 0.29) is 30.2 Å². The molecule has 2 aromatic carbocycles. The van der Waals surface area contributed by atoms with Gasteiger partial charge in [-0.25, -0.2) is 4.68 Å². The number of ether oxygens (including phenoxy) is 2. The predicted molar refractivity (Wildman–Crippen MR) is 148 cm³/mol. The third-order valence-corrected chi connectivity index (χ3v) is 6.30. The van der Waals surface area contributed by atoms with Crippen molar-refractivity contribution in [1.82, 2.24) is 15.1 Å². The summed E-state index contributed by atoms with van der Waals surface area (Å²) in [6, 6.07) is 19.7. The molecule has 0 amide bonds. The number of nitriles is 1. The number of hydrogen-bond donors (Lipinski definition) is 1. The lowest BCUT2D eigenvalue weighted by Gasteiger charge is -2.13. The molecule has 1 saturated heterocycles. The maximum Gasteiger partial charge on any atom is 0.323 e. The fraction of sp³-hybridized carbons (Fsp3) is 0.233. The molecule has 3 aromatic rings. The first kappa shape index (κ1) is 27.2. The van der Waals surface area contributed by atoms with Gasteiger partial charge in [0.1, 0.15) is 17.9 Å². The van der Waals surface area contributed by atoms with E-state index < -0.39 is 0 Å². The summed E-state index contributed by atoms with van der Waals surface area (Å²) in [5.41, 5.74) is 4.19. The molecule has 2 heterocycles. The minimum absolute atomic E-state index is 0.193. The highest BCUT2D eigenvalue weighted by Gasteiger charge is 2.31. The Hall–Kier alpha value is -4.81. The van der Waals surface area contributed by atoms with Gasteiger partial charge in [-0.05, 0) is 48.4 Å². The smallest absolute Gasteiger partial charge is 0.323 e. The van der Waals surface area contributed by atoms with Crippen LogP contribution in [0.5, 0.6) is 0 Å². The number of allylic oxidation sites excluding steroid dienone is 1. The lowest BCUT2D eigenvalue weighted by atomic mass is 10.1. The van der Waals surface area contributed by atoms with Gasteiger partial charge in [0.05, 0.1) is 37.2 Å². The van der Waals surface area contributed by atoms with E-state index in [2.05, 4.69) is 28.1 Å². The standard InChI is InChI=1S/C30H29N5O4/c1-4-25(39-26-15-28(33-18-26)30(37)38-3)17-32-20(2)23-9-6-8-22(14-23)19-35-29(36)12-11-27(34-35)24-10-5-7-21(13-24)16-31/h4-14,17,26,28,33H,1,15,18-19H2,2-3H3/b25-17+,32-20?/t26-,28-/m0/s1. The number of nitrogens with one attached hydrogen (secondary N) is 1. The molecule has 4 rings (SSSR count). The highest BCUT2D eigenvalue weighted by Crippen LogP contribution is 2.18. The molecule has 0 radical (unpaired) electrons. The zero-order valence-electron chi connectivity index (χ0n) is 21.8. The Morgan fingerprint density at radius 1 is 1.26 bits per heavy atom. The number of nitrogens with zero attached hydrogens (tertiary/aromatic N) is 4. The van der Waals surface area contributed by atoms with Crippen molar-refractivity contribution in [3.63, 3.8) is 0 Å². The molecule has 0 aliphatic carbocycles. The van der Waals surface area contributed by atoms with Crippen molar-refractivity contribution in [2.24, 2.45) is 4.99 Å². The number of rotatable bonds is 9. The number of methoxy groups -OCH3 is 1. The zero-order valence-corrected chi connectivity index (χ0v) is 21.8. The van der Waals surface area contributed by atoms with Crippen molar-refractivity contribution in [2.75, 3.05) is 13.7 Å². The highest BCUT2D eigenvalue weighted by atomic mass is 16.5. The molecule has 1 aromatic heterocycles. The van der Waals surface area contributed by atoms with Crippen LogP contribution in [0.15, 0.2) is 95.1 Å². The molecule has 2 atom stereocenters. The fourth-order valence-corrected chi connectivity index (χ4v) is 4.21. The van der Waals surface area contributed by atoms with E-state index >= 15 is 0 Å². The van der Waals surface area contributed by atoms with Gasteiger partial charge in [-0.15, -0.1) is 0 Å². The van der Waals surface area contributed by atoms with Crippen LogP contribution in [0.2, 0.25) is 0 Å². The van der Waals surface area contributed by atoms with Crippen LogP contribution >= 0.6 is 0 Å². The van der Waals surface area contributed by atoms with Crippen molar-refractivity contribution in [2.45, 2.75) is 32.0 Å². The van der Waals surface area contributed by atoms with Crippen molar-refractivity contribution in [1.29, 1.82) is 5.26 Å². The molecule has 198 valence electrons. The summed E-state index contributed by atoms with van der Waals surface area (Å²) in [4.78, 5) is 28.8. The van der Waals surface area contributed by atoms with Crippen molar-refractivity contribution < 1.29 is 14.3 Å². The Balaban J connectivity index is 1.48. The van der Waals surface area contributed by atoms with Crippen LogP contribution in [-0.4, -0.2) is 47.3 Å². The molecule has 0 bridgehead atoms. The van der Waals surface area contributed by atoms with Crippen LogP contribution in [0.4, 0.5) is 0 Å². The molecule has 1 aliphatic rings. The van der Waals surface area contributed by atoms with Gasteiger partial charge in [0.15, 0.2) is 0 Å². The molecule has 9 heteroatoms. The first-order chi connectivity index (χ1) is 18.9. The number of carbonyl (C=O) groups is 1. The summed E-state index contributed by atoms with van der Waals surface area (Å²) in [5.74, 6) is 0.187. The Morgan fingerprint density at radius 3 is 2.85 bits per heavy atom. The van der Waals surface area contributed by atoms with Gasteiger partial charge in [-0.3, -0.25) is 14.6 Å². The molecular formula is C30H29N5O4. The second-order valence-electron chi connectivity index (χ2n) is 9.02. The van der Waals surface area contributed by atoms with Crippen LogP contribution in [0, 0.1) is 11.3 Å². The van der Waals surface area contributed by atoms with Gasteiger partial charge < -0.3 is 14.8 Å². The van der Waals surface area contributed by atoms with E-state index in [1.54, 1.807) is 36.5 Å². The number of aliphatic imine (C=N–C) groups is 1. The molecule has 1 N–H and O–H groups in total. The number of benzene rings is 2. The van der Waals surface area contributed by atoms with E-state index in [0.29, 0.717) is 30.0 Å². The quantitative estimate of drug-likeness (QED) is 0.197. The SMILES string of the molecule is C=C/C(=C\N=C(C)c1cccc(Cn2nc(-c3cccc(C#N)c3)ccc2=O)c1)O[C@@H]1CN[C@H](C(=O)OC)C1. The molecule has 0 unspecified atom stereocenters. The monoisotopic (exact) mass is 523 g/mol. The average molecular weight is 524 g/mol. The fourth-order valence-electron chi connectivity index (χ4n) is 4.21. The van der Waals surface area contributed by atoms with Gasteiger partial charge in [0.25, 0.3) is 5.56 Å². The van der Waals surface area contributed by atoms with Gasteiger partial charge in [-0.2, -0.15) is 10.4 Å². The van der Waals surface area contributed by atoms with Crippen molar-refractivity contribution in [3.05, 3.63) is 112 Å². The molecular weight excluding hydrogens is 494 g/mol. The van der Waals surface area contributed by atoms with Gasteiger partial charge in [0.2, 0.25) is 0 Å². The van der Waals surface area contributed by atoms with E-state index in [0.717, 1.165) is 22.4 Å². The Kier molecular flexibility index (Phi) is 8.82. The summed E-state index contributed by atoms with van der Waals surface area (Å²) in [7, 11) is 1.36. The second-order valence-corrected chi connectivity index (χ2v) is 9.02. The maximum atomic E-state index is 12.5. The molecule has 1 aliphatic heterocycles. The molecule has 0 saturated carbocycles. The lowest BCUT2D eigenvalue weighted by molar-refractivity contribution is -0.142. The Labute approximate surface area is 226 Å². The maximum absolute atomic E-state index is 12.5. The summed E-state index contributed by atoms with van der Waals surface area (Å²) in [5, 5.41) is 16.8. The lowest BCUT2D eigenvalue weighted by Crippen LogP contribution is -2.31. The largest absolute Gasteiger partial charge is 0.487 e. The third-order valence-electron chi connectivity index (χ3n) is 6.30. The summed E-state index contributed by atoms with van der Waals surface area (Å²) < 4.78 is 12.1. The Morgan fingerprint density at radius 2 is 2.08 bits per heavy atom. The molecule has 9 nitrogen and oxygen atoms in total. The first-order valence-electron chi connectivity index (χ1n) is 12.4. The van der Waals surface area contributed by atoms with Gasteiger partial charge in [-0.1, -0.05) is 36.9 Å². The van der Waals surface area contributed by atoms with Crippen LogP contribution < -0.4 is 10.9 Å². The second kappa shape index (κ2) is 12.6. The van der Waals surface area contributed by atoms with Crippen molar-refractivity contribution >= 4 is 11.7 Å². The molecule has 39 heavy (non-hydrogen) atoms. The minimum atomic E-state index is -0.385. The summed E-state index contributed by atoms with van der Waals surface area (Å²) in [6.45, 7) is 6.48.